The van der Waals surface area contributed by atoms with Crippen LogP contribution in [-0.4, -0.2) is 35.1 Å². The molecule has 0 aliphatic carbocycles. The standard InChI is InChI=1S/C7H9NO3.HO/c1-5(2)7(11)6(10)3-8-4-9;/h6,10H,1,3H2,2H3;1H. The Bertz CT molecular complexity index is 217. The summed E-state index contributed by atoms with van der Waals surface area (Å²) in [6, 6.07) is 0. The predicted molar refractivity (Wildman–Crippen MR) is 40.8 cm³/mol. The SMILES string of the molecule is C=C(C)C(=O)C(O)CN=C=O.[OH]. The van der Waals surface area contributed by atoms with Crippen molar-refractivity contribution in [3.05, 3.63) is 12.2 Å². The number of rotatable bonds is 4. The first-order valence-electron chi connectivity index (χ1n) is 3.01. The van der Waals surface area contributed by atoms with Crippen LogP contribution in [0.5, 0.6) is 0 Å². The van der Waals surface area contributed by atoms with Crippen LogP contribution in [0.3, 0.4) is 0 Å². The van der Waals surface area contributed by atoms with Crippen LogP contribution in [0, 0.1) is 0 Å². The molecule has 0 aromatic carbocycles. The van der Waals surface area contributed by atoms with Crippen LogP contribution in [0.1, 0.15) is 6.92 Å². The number of hydrogen-bond acceptors (Lipinski definition) is 4. The van der Waals surface area contributed by atoms with E-state index in [9.17, 15) is 9.59 Å². The second-order valence-corrected chi connectivity index (χ2v) is 2.09. The molecule has 0 bridgehead atoms. The Morgan fingerprint density at radius 2 is 2.25 bits per heavy atom. The van der Waals surface area contributed by atoms with Gasteiger partial charge in [0.2, 0.25) is 6.08 Å². The Hall–Kier alpha value is -1.29. The smallest absolute Gasteiger partial charge is 0.235 e. The molecule has 0 spiro atoms. The van der Waals surface area contributed by atoms with Crippen molar-refractivity contribution in [2.45, 2.75) is 13.0 Å². The minimum atomic E-state index is -1.26. The van der Waals surface area contributed by atoms with Crippen LogP contribution in [0.25, 0.3) is 0 Å². The Morgan fingerprint density at radius 3 is 2.58 bits per heavy atom. The third-order valence-electron chi connectivity index (χ3n) is 1.05. The summed E-state index contributed by atoms with van der Waals surface area (Å²) in [5.41, 5.74) is 0.249. The lowest BCUT2D eigenvalue weighted by molar-refractivity contribution is -0.122. The molecule has 0 aromatic heterocycles. The molecule has 0 saturated carbocycles. The third kappa shape index (κ3) is 4.51. The maximum absolute atomic E-state index is 10.8. The quantitative estimate of drug-likeness (QED) is 0.344. The van der Waals surface area contributed by atoms with Crippen molar-refractivity contribution >= 4 is 11.9 Å². The van der Waals surface area contributed by atoms with Crippen molar-refractivity contribution in [2.24, 2.45) is 4.99 Å². The highest BCUT2D eigenvalue weighted by atomic mass is 16.3. The van der Waals surface area contributed by atoms with Crippen LogP contribution in [0.15, 0.2) is 17.1 Å². The number of ketones is 1. The first-order valence-corrected chi connectivity index (χ1v) is 3.01. The van der Waals surface area contributed by atoms with Crippen LogP contribution < -0.4 is 0 Å². The number of carbonyl (C=O) groups excluding carboxylic acids is 2. The highest BCUT2D eigenvalue weighted by molar-refractivity contribution is 5.97. The van der Waals surface area contributed by atoms with Crippen molar-refractivity contribution in [1.82, 2.24) is 0 Å². The molecule has 0 amide bonds. The molecule has 1 atom stereocenters. The third-order valence-corrected chi connectivity index (χ3v) is 1.05. The molecule has 1 unspecified atom stereocenters. The first-order chi connectivity index (χ1) is 5.09. The fourth-order valence-electron chi connectivity index (χ4n) is 0.491. The molecule has 1 radical (unpaired) electrons. The van der Waals surface area contributed by atoms with E-state index in [2.05, 4.69) is 11.6 Å². The van der Waals surface area contributed by atoms with Crippen molar-refractivity contribution in [3.8, 4) is 0 Å². The van der Waals surface area contributed by atoms with Gasteiger partial charge in [-0.15, -0.1) is 0 Å². The minimum absolute atomic E-state index is 0. The molecule has 5 nitrogen and oxygen atoms in total. The molecule has 0 rings (SSSR count). The van der Waals surface area contributed by atoms with Crippen LogP contribution in [0.2, 0.25) is 0 Å². The van der Waals surface area contributed by atoms with Gasteiger partial charge in [-0.05, 0) is 12.5 Å². The number of isocyanates is 1. The van der Waals surface area contributed by atoms with Crippen LogP contribution in [0.4, 0.5) is 0 Å². The average Bonchev–Trinajstić information content (AvgIpc) is 1.98. The monoisotopic (exact) mass is 172 g/mol. The van der Waals surface area contributed by atoms with Gasteiger partial charge in [0.05, 0.1) is 6.54 Å². The summed E-state index contributed by atoms with van der Waals surface area (Å²) in [6.07, 6.45) is -0.0301. The van der Waals surface area contributed by atoms with Gasteiger partial charge in [0.1, 0.15) is 6.10 Å². The summed E-state index contributed by atoms with van der Waals surface area (Å²) >= 11 is 0. The summed E-state index contributed by atoms with van der Waals surface area (Å²) in [6.45, 7) is 4.58. The van der Waals surface area contributed by atoms with E-state index in [0.717, 1.165) is 0 Å². The van der Waals surface area contributed by atoms with Gasteiger partial charge < -0.3 is 5.11 Å². The highest BCUT2D eigenvalue weighted by Gasteiger charge is 2.13. The molecule has 0 aromatic rings. The van der Waals surface area contributed by atoms with Gasteiger partial charge in [-0.25, -0.2) is 9.79 Å². The second-order valence-electron chi connectivity index (χ2n) is 2.09. The predicted octanol–water partition coefficient (Wildman–Crippen LogP) is -0.349. The van der Waals surface area contributed by atoms with Gasteiger partial charge >= 0.3 is 0 Å². The zero-order chi connectivity index (χ0) is 8.85. The Balaban J connectivity index is 0. The average molecular weight is 172 g/mol. The van der Waals surface area contributed by atoms with E-state index < -0.39 is 11.9 Å². The van der Waals surface area contributed by atoms with Crippen molar-refractivity contribution < 1.29 is 20.2 Å². The van der Waals surface area contributed by atoms with E-state index in [1.54, 1.807) is 0 Å². The van der Waals surface area contributed by atoms with Crippen molar-refractivity contribution in [3.63, 3.8) is 0 Å². The van der Waals surface area contributed by atoms with Crippen LogP contribution in [-0.2, 0) is 9.59 Å². The van der Waals surface area contributed by atoms with E-state index >= 15 is 0 Å². The normalized spacial score (nSPS) is 10.5. The zero-order valence-electron chi connectivity index (χ0n) is 6.65. The Morgan fingerprint density at radius 1 is 1.75 bits per heavy atom. The molecular weight excluding hydrogens is 162 g/mol. The fourth-order valence-corrected chi connectivity index (χ4v) is 0.491. The van der Waals surface area contributed by atoms with Crippen LogP contribution >= 0.6 is 0 Å². The van der Waals surface area contributed by atoms with Gasteiger partial charge in [-0.1, -0.05) is 6.58 Å². The summed E-state index contributed by atoms with van der Waals surface area (Å²) in [7, 11) is 0. The molecular formula is C7H10NO4. The van der Waals surface area contributed by atoms with E-state index in [-0.39, 0.29) is 17.6 Å². The Labute approximate surface area is 69.7 Å². The number of hydrogen-bond donors (Lipinski definition) is 2. The Kier molecular flexibility index (Phi) is 7.12. The molecule has 5 heteroatoms. The number of Topliss-reactive ketones (excluding diaryl/α,β-unsaturated/α-hetero) is 1. The minimum Gasteiger partial charge on any atom is -0.383 e. The lowest BCUT2D eigenvalue weighted by Crippen LogP contribution is -2.23. The van der Waals surface area contributed by atoms with Gasteiger partial charge in [0, 0.05) is 0 Å². The molecule has 0 aliphatic rings. The largest absolute Gasteiger partial charge is 0.383 e. The maximum atomic E-state index is 10.8. The second kappa shape index (κ2) is 6.42. The summed E-state index contributed by atoms with van der Waals surface area (Å²) in [5, 5.41) is 8.94. The fraction of sp³-hybridized carbons (Fsp3) is 0.429. The lowest BCUT2D eigenvalue weighted by atomic mass is 10.1. The number of nitrogens with zero attached hydrogens (tertiary/aromatic N) is 1. The molecule has 2 N–H and O–H groups in total. The van der Waals surface area contributed by atoms with Gasteiger partial charge in [-0.3, -0.25) is 10.3 Å². The number of aliphatic hydroxyl groups is 1. The van der Waals surface area contributed by atoms with Gasteiger partial charge in [-0.2, -0.15) is 0 Å². The molecule has 12 heavy (non-hydrogen) atoms. The molecule has 0 heterocycles. The van der Waals surface area contributed by atoms with E-state index in [0.29, 0.717) is 0 Å². The molecule has 67 valence electrons. The van der Waals surface area contributed by atoms with E-state index in [1.165, 1.54) is 13.0 Å². The molecule has 0 aliphatic heterocycles. The van der Waals surface area contributed by atoms with Crippen molar-refractivity contribution in [2.75, 3.05) is 6.54 Å². The van der Waals surface area contributed by atoms with Crippen molar-refractivity contribution in [1.29, 1.82) is 0 Å². The molecule has 0 fully saturated rings. The summed E-state index contributed by atoms with van der Waals surface area (Å²) < 4.78 is 0. The van der Waals surface area contributed by atoms with E-state index in [4.69, 9.17) is 5.11 Å². The highest BCUT2D eigenvalue weighted by Crippen LogP contribution is 1.96. The lowest BCUT2D eigenvalue weighted by Gasteiger charge is -2.03. The maximum Gasteiger partial charge on any atom is 0.235 e. The number of carbonyl (C=O) groups is 1. The molecule has 0 saturated heterocycles. The zero-order valence-corrected chi connectivity index (χ0v) is 6.65. The number of aliphatic hydroxyl groups excluding tert-OH is 1. The van der Waals surface area contributed by atoms with Gasteiger partial charge in [0.15, 0.2) is 5.78 Å². The summed E-state index contributed by atoms with van der Waals surface area (Å²) in [5.74, 6) is -0.496. The van der Waals surface area contributed by atoms with Gasteiger partial charge in [0.25, 0.3) is 0 Å². The first kappa shape index (κ1) is 13.3. The van der Waals surface area contributed by atoms with E-state index in [1.807, 2.05) is 0 Å². The topological polar surface area (TPSA) is 96.7 Å². The summed E-state index contributed by atoms with van der Waals surface area (Å²) in [4.78, 5) is 23.4. The number of aliphatic imine (C=N–C) groups is 1.